The molecular formula is C11H13N5O5S. The summed E-state index contributed by atoms with van der Waals surface area (Å²) in [6.07, 6.45) is 0.930. The predicted octanol–water partition coefficient (Wildman–Crippen LogP) is -2.63. The molecule has 2 heterocycles. The molecule has 1 atom stereocenters. The molecule has 0 spiro atoms. The average molecular weight is 327 g/mol. The Morgan fingerprint density at radius 1 is 1.45 bits per heavy atom. The van der Waals surface area contributed by atoms with Crippen LogP contribution in [0, 0.1) is 0 Å². The van der Waals surface area contributed by atoms with Crippen molar-refractivity contribution in [1.82, 2.24) is 20.6 Å². The molecule has 0 aliphatic carbocycles. The molecule has 118 valence electrons. The van der Waals surface area contributed by atoms with Gasteiger partial charge in [-0.2, -0.15) is 0 Å². The monoisotopic (exact) mass is 327 g/mol. The molecule has 0 radical (unpaired) electrons. The van der Waals surface area contributed by atoms with Gasteiger partial charge in [0.05, 0.1) is 13.2 Å². The van der Waals surface area contributed by atoms with Crippen molar-refractivity contribution in [3.63, 3.8) is 0 Å². The fraction of sp³-hybridized carbons (Fsp3) is 0.364. The molecule has 0 bridgehead atoms. The number of hydrogen-bond donors (Lipinski definition) is 5. The third-order valence-electron chi connectivity index (χ3n) is 2.68. The maximum absolute atomic E-state index is 11.9. The number of aromatic nitrogens is 2. The number of aliphatic imine (C=N–C) groups is 1. The van der Waals surface area contributed by atoms with E-state index in [9.17, 15) is 24.3 Å². The zero-order valence-electron chi connectivity index (χ0n) is 11.2. The second kappa shape index (κ2) is 7.04. The number of nitrogens with zero attached hydrogens (tertiary/aromatic N) is 1. The highest BCUT2D eigenvalue weighted by Crippen LogP contribution is 2.08. The molecule has 5 N–H and O–H groups in total. The van der Waals surface area contributed by atoms with Crippen molar-refractivity contribution in [3.05, 3.63) is 32.6 Å². The quantitative estimate of drug-likeness (QED) is 0.407. The van der Waals surface area contributed by atoms with E-state index in [0.717, 1.165) is 11.9 Å². The molecule has 2 rings (SSSR count). The van der Waals surface area contributed by atoms with E-state index in [4.69, 9.17) is 0 Å². The Bertz CT molecular complexity index is 724. The summed E-state index contributed by atoms with van der Waals surface area (Å²) in [4.78, 5) is 54.2. The van der Waals surface area contributed by atoms with Crippen molar-refractivity contribution >= 4 is 28.7 Å². The van der Waals surface area contributed by atoms with E-state index in [0.29, 0.717) is 11.7 Å². The zero-order valence-corrected chi connectivity index (χ0v) is 12.0. The van der Waals surface area contributed by atoms with Crippen LogP contribution in [0.2, 0.25) is 0 Å². The Morgan fingerprint density at radius 3 is 2.82 bits per heavy atom. The lowest BCUT2D eigenvalue weighted by atomic mass is 10.2. The third kappa shape index (κ3) is 3.83. The Labute approximate surface area is 127 Å². The first-order chi connectivity index (χ1) is 10.5. The van der Waals surface area contributed by atoms with E-state index in [2.05, 4.69) is 20.6 Å². The highest BCUT2D eigenvalue weighted by atomic mass is 32.2. The number of carbonyl (C=O) groups excluding carboxylic acids is 2. The van der Waals surface area contributed by atoms with Gasteiger partial charge in [-0.1, -0.05) is 11.8 Å². The minimum atomic E-state index is -1.25. The number of rotatable bonds is 4. The van der Waals surface area contributed by atoms with Crippen LogP contribution >= 0.6 is 11.8 Å². The van der Waals surface area contributed by atoms with Crippen molar-refractivity contribution in [2.75, 3.05) is 18.9 Å². The van der Waals surface area contributed by atoms with Crippen LogP contribution in [-0.4, -0.2) is 57.0 Å². The standard InChI is InChI=1S/C11H13N5O5S/c17-4-6(9(20)16-11-12-1-2-22-11)14-7(18)5-3-13-10(21)15-8(5)19/h3,6,17H,1-2,4H2,(H,14,18)(H,12,16,20)(H2,13,15,19,21)/t6-/m0/s1. The minimum absolute atomic E-state index is 0.376. The molecule has 11 heteroatoms. The van der Waals surface area contributed by atoms with E-state index in [-0.39, 0.29) is 5.56 Å². The van der Waals surface area contributed by atoms with Crippen LogP contribution in [-0.2, 0) is 4.79 Å². The summed E-state index contributed by atoms with van der Waals surface area (Å²) in [6.45, 7) is -0.0695. The maximum atomic E-state index is 11.9. The van der Waals surface area contributed by atoms with Crippen molar-refractivity contribution in [1.29, 1.82) is 0 Å². The molecule has 2 amide bonds. The van der Waals surface area contributed by atoms with E-state index in [1.807, 2.05) is 4.98 Å². The molecule has 10 nitrogen and oxygen atoms in total. The summed E-state index contributed by atoms with van der Waals surface area (Å²) in [6, 6.07) is -1.25. The molecule has 1 aliphatic heterocycles. The number of aromatic amines is 2. The van der Waals surface area contributed by atoms with Gasteiger partial charge >= 0.3 is 5.69 Å². The van der Waals surface area contributed by atoms with Crippen molar-refractivity contribution in [2.24, 2.45) is 4.99 Å². The summed E-state index contributed by atoms with van der Waals surface area (Å²) in [5.41, 5.74) is -2.03. The number of thioether (sulfide) groups is 1. The molecule has 0 saturated carbocycles. The van der Waals surface area contributed by atoms with Gasteiger partial charge in [0.15, 0.2) is 5.17 Å². The molecule has 0 fully saturated rings. The third-order valence-corrected chi connectivity index (χ3v) is 3.58. The fourth-order valence-electron chi connectivity index (χ4n) is 1.61. The normalized spacial score (nSPS) is 15.0. The van der Waals surface area contributed by atoms with Gasteiger partial charge in [0.1, 0.15) is 11.6 Å². The molecule has 0 saturated heterocycles. The SMILES string of the molecule is O=C(N[C@@H](CO)C(=O)NC1=NCCS1)c1c[nH]c(=O)[nH]c1=O. The Morgan fingerprint density at radius 2 is 2.23 bits per heavy atom. The predicted molar refractivity (Wildman–Crippen MR) is 78.9 cm³/mol. The second-order valence-corrected chi connectivity index (χ2v) is 5.30. The molecule has 1 aromatic rings. The highest BCUT2D eigenvalue weighted by molar-refractivity contribution is 8.14. The van der Waals surface area contributed by atoms with E-state index in [1.54, 1.807) is 0 Å². The highest BCUT2D eigenvalue weighted by Gasteiger charge is 2.23. The number of H-pyrrole nitrogens is 2. The molecule has 1 aliphatic rings. The molecule has 0 aromatic carbocycles. The van der Waals surface area contributed by atoms with Gasteiger partial charge in [0, 0.05) is 11.9 Å². The fourth-order valence-corrected chi connectivity index (χ4v) is 2.34. The van der Waals surface area contributed by atoms with Crippen LogP contribution in [0.4, 0.5) is 0 Å². The lowest BCUT2D eigenvalue weighted by molar-refractivity contribution is -0.122. The van der Waals surface area contributed by atoms with Gasteiger partial charge in [-0.15, -0.1) is 0 Å². The van der Waals surface area contributed by atoms with Gasteiger partial charge in [0.2, 0.25) is 0 Å². The Balaban J connectivity index is 2.05. The lowest BCUT2D eigenvalue weighted by Crippen LogP contribution is -2.50. The summed E-state index contributed by atoms with van der Waals surface area (Å²) < 4.78 is 0. The number of aliphatic hydroxyl groups is 1. The smallest absolute Gasteiger partial charge is 0.325 e. The van der Waals surface area contributed by atoms with Crippen molar-refractivity contribution in [3.8, 4) is 0 Å². The van der Waals surface area contributed by atoms with Crippen molar-refractivity contribution in [2.45, 2.75) is 6.04 Å². The maximum Gasteiger partial charge on any atom is 0.325 e. The molecule has 0 unspecified atom stereocenters. The van der Waals surface area contributed by atoms with Gasteiger partial charge in [-0.3, -0.25) is 24.4 Å². The Hall–Kier alpha value is -2.40. The number of amides is 2. The number of amidine groups is 1. The van der Waals surface area contributed by atoms with Crippen LogP contribution in [0.15, 0.2) is 20.8 Å². The number of carbonyl (C=O) groups is 2. The van der Waals surface area contributed by atoms with E-state index >= 15 is 0 Å². The van der Waals surface area contributed by atoms with Gasteiger partial charge in [-0.25, -0.2) is 4.79 Å². The first-order valence-electron chi connectivity index (χ1n) is 6.23. The van der Waals surface area contributed by atoms with Crippen LogP contribution < -0.4 is 21.9 Å². The zero-order chi connectivity index (χ0) is 16.1. The second-order valence-electron chi connectivity index (χ2n) is 4.22. The van der Waals surface area contributed by atoms with E-state index < -0.39 is 35.7 Å². The number of hydrogen-bond acceptors (Lipinski definition) is 7. The van der Waals surface area contributed by atoms with Crippen LogP contribution in [0.25, 0.3) is 0 Å². The summed E-state index contributed by atoms with van der Waals surface area (Å²) in [7, 11) is 0. The Kier molecular flexibility index (Phi) is 5.12. The van der Waals surface area contributed by atoms with Gasteiger partial charge < -0.3 is 20.7 Å². The number of nitrogens with one attached hydrogen (secondary N) is 4. The van der Waals surface area contributed by atoms with Gasteiger partial charge in [0.25, 0.3) is 17.4 Å². The minimum Gasteiger partial charge on any atom is -0.394 e. The molecular weight excluding hydrogens is 314 g/mol. The van der Waals surface area contributed by atoms with Gasteiger partial charge in [-0.05, 0) is 0 Å². The summed E-state index contributed by atoms with van der Waals surface area (Å²) >= 11 is 1.35. The van der Waals surface area contributed by atoms with Crippen LogP contribution in [0.5, 0.6) is 0 Å². The van der Waals surface area contributed by atoms with E-state index in [1.165, 1.54) is 11.8 Å². The van der Waals surface area contributed by atoms with Crippen LogP contribution in [0.1, 0.15) is 10.4 Å². The van der Waals surface area contributed by atoms with Crippen molar-refractivity contribution < 1.29 is 14.7 Å². The average Bonchev–Trinajstić information content (AvgIpc) is 2.97. The first-order valence-corrected chi connectivity index (χ1v) is 7.21. The number of aliphatic hydroxyl groups excluding tert-OH is 1. The van der Waals surface area contributed by atoms with Crippen LogP contribution in [0.3, 0.4) is 0 Å². The first kappa shape index (κ1) is 16.0. The summed E-state index contributed by atoms with van der Waals surface area (Å²) in [5.74, 6) is -0.795. The molecule has 22 heavy (non-hydrogen) atoms. The largest absolute Gasteiger partial charge is 0.394 e. The lowest BCUT2D eigenvalue weighted by Gasteiger charge is -2.15. The summed E-state index contributed by atoms with van der Waals surface area (Å²) in [5, 5.41) is 14.3. The molecule has 1 aromatic heterocycles. The topological polar surface area (TPSA) is 157 Å².